The first kappa shape index (κ1) is 10.1. The average molecular weight is 203 g/mol. The van der Waals surface area contributed by atoms with Gasteiger partial charge in [0.25, 0.3) is 0 Å². The molecule has 2 aliphatic carbocycles. The molecule has 1 saturated carbocycles. The summed E-state index contributed by atoms with van der Waals surface area (Å²) >= 11 is 0. The maximum Gasteiger partial charge on any atom is 0.392 e. The van der Waals surface area contributed by atoms with Gasteiger partial charge in [-0.25, -0.2) is 0 Å². The summed E-state index contributed by atoms with van der Waals surface area (Å²) in [6.07, 6.45) is 4.47. The molecule has 2 aliphatic rings. The van der Waals surface area contributed by atoms with Crippen LogP contribution in [0.25, 0.3) is 0 Å². The number of hydrogen-bond donors (Lipinski definition) is 0. The molecule has 0 N–H and O–H groups in total. The molecule has 3 atom stereocenters. The van der Waals surface area contributed by atoms with Gasteiger partial charge in [0.1, 0.15) is 0 Å². The summed E-state index contributed by atoms with van der Waals surface area (Å²) in [6, 6.07) is 0. The van der Waals surface area contributed by atoms with Gasteiger partial charge in [0.2, 0.25) is 0 Å². The number of hydrogen-bond acceptors (Lipinski definition) is 0. The molecule has 0 bridgehead atoms. The molecule has 0 heterocycles. The fourth-order valence-corrected chi connectivity index (χ4v) is 2.75. The second kappa shape index (κ2) is 3.59. The van der Waals surface area contributed by atoms with E-state index in [2.05, 4.69) is 6.08 Å². The summed E-state index contributed by atoms with van der Waals surface area (Å²) in [4.78, 5) is 0. The van der Waals surface area contributed by atoms with Crippen molar-refractivity contribution in [3.63, 3.8) is 0 Å². The fourth-order valence-electron chi connectivity index (χ4n) is 2.75. The Labute approximate surface area is 82.2 Å². The molecule has 0 spiro atoms. The Balaban J connectivity index is 2.15. The monoisotopic (exact) mass is 203 g/mol. The highest BCUT2D eigenvalue weighted by atomic mass is 19.4. The van der Waals surface area contributed by atoms with Gasteiger partial charge in [-0.1, -0.05) is 18.9 Å². The Hall–Kier alpha value is -0.470. The van der Waals surface area contributed by atoms with Gasteiger partial charge in [0.15, 0.2) is 0 Å². The van der Waals surface area contributed by atoms with E-state index in [-0.39, 0.29) is 18.3 Å². The van der Waals surface area contributed by atoms with Crippen molar-refractivity contribution in [2.45, 2.75) is 38.3 Å². The molecular weight excluding hydrogens is 189 g/mol. The van der Waals surface area contributed by atoms with Crippen LogP contribution < -0.4 is 0 Å². The number of halogens is 3. The van der Waals surface area contributed by atoms with Gasteiger partial charge < -0.3 is 0 Å². The quantitative estimate of drug-likeness (QED) is 0.562. The minimum absolute atomic E-state index is 0.0733. The van der Waals surface area contributed by atoms with Gasteiger partial charge in [-0.15, -0.1) is 0 Å². The van der Waals surface area contributed by atoms with Crippen molar-refractivity contribution in [2.75, 3.05) is 0 Å². The number of alkyl halides is 3. The summed E-state index contributed by atoms with van der Waals surface area (Å²) in [5.41, 5.74) is 0. The highest BCUT2D eigenvalue weighted by Gasteiger charge is 2.47. The number of fused-ring (bicyclic) bond motifs is 1. The van der Waals surface area contributed by atoms with E-state index in [9.17, 15) is 13.2 Å². The van der Waals surface area contributed by atoms with Gasteiger partial charge in [0, 0.05) is 0 Å². The lowest BCUT2D eigenvalue weighted by Gasteiger charge is -2.38. The second-order valence-electron chi connectivity index (χ2n) is 4.31. The number of rotatable bonds is 0. The molecule has 3 heteroatoms. The molecule has 0 aromatic rings. The molecule has 1 radical (unpaired) electrons. The zero-order valence-corrected chi connectivity index (χ0v) is 7.98. The Morgan fingerprint density at radius 3 is 2.57 bits per heavy atom. The third kappa shape index (κ3) is 1.82. The van der Waals surface area contributed by atoms with Crippen LogP contribution in [0.2, 0.25) is 0 Å². The van der Waals surface area contributed by atoms with E-state index in [1.165, 1.54) is 0 Å². The third-order valence-electron chi connectivity index (χ3n) is 3.46. The molecule has 0 aromatic carbocycles. The molecule has 0 aliphatic heterocycles. The highest BCUT2D eigenvalue weighted by molar-refractivity contribution is 4.98. The average Bonchev–Trinajstić information content (AvgIpc) is 2.15. The molecule has 2 rings (SSSR count). The molecule has 14 heavy (non-hydrogen) atoms. The predicted octanol–water partition coefficient (Wildman–Crippen LogP) is 3.73. The van der Waals surface area contributed by atoms with Crippen molar-refractivity contribution in [1.82, 2.24) is 0 Å². The van der Waals surface area contributed by atoms with Crippen molar-refractivity contribution in [3.05, 3.63) is 12.2 Å². The molecule has 0 amide bonds. The summed E-state index contributed by atoms with van der Waals surface area (Å²) in [7, 11) is 0. The SMILES string of the molecule is FC(F)(F)C1CC=[C]C2CCCCC21. The van der Waals surface area contributed by atoms with Crippen molar-refractivity contribution >= 4 is 0 Å². The summed E-state index contributed by atoms with van der Waals surface area (Å²) in [5, 5.41) is 0. The van der Waals surface area contributed by atoms with E-state index < -0.39 is 12.1 Å². The van der Waals surface area contributed by atoms with Crippen LogP contribution in [0.3, 0.4) is 0 Å². The van der Waals surface area contributed by atoms with E-state index in [1.807, 2.05) is 0 Å². The van der Waals surface area contributed by atoms with Gasteiger partial charge in [-0.2, -0.15) is 13.2 Å². The Kier molecular flexibility index (Phi) is 2.58. The van der Waals surface area contributed by atoms with Crippen LogP contribution in [0.15, 0.2) is 6.08 Å². The largest absolute Gasteiger partial charge is 0.392 e. The summed E-state index contributed by atoms with van der Waals surface area (Å²) in [6.45, 7) is 0. The smallest absolute Gasteiger partial charge is 0.171 e. The van der Waals surface area contributed by atoms with Gasteiger partial charge >= 0.3 is 6.18 Å². The van der Waals surface area contributed by atoms with Gasteiger partial charge in [-0.05, 0) is 37.2 Å². The minimum atomic E-state index is -4.02. The third-order valence-corrected chi connectivity index (χ3v) is 3.46. The maximum atomic E-state index is 12.7. The van der Waals surface area contributed by atoms with Crippen LogP contribution in [-0.2, 0) is 0 Å². The Morgan fingerprint density at radius 2 is 1.86 bits per heavy atom. The first-order chi connectivity index (χ1) is 6.59. The van der Waals surface area contributed by atoms with Crippen LogP contribution in [0, 0.1) is 23.8 Å². The lowest BCUT2D eigenvalue weighted by molar-refractivity contribution is -0.196. The number of allylic oxidation sites excluding steroid dienone is 2. The molecule has 79 valence electrons. The zero-order valence-electron chi connectivity index (χ0n) is 7.98. The lowest BCUT2D eigenvalue weighted by atomic mass is 9.68. The molecule has 0 aromatic heterocycles. The van der Waals surface area contributed by atoms with Crippen molar-refractivity contribution in [3.8, 4) is 0 Å². The van der Waals surface area contributed by atoms with Gasteiger partial charge in [-0.3, -0.25) is 0 Å². The van der Waals surface area contributed by atoms with Crippen LogP contribution in [0.1, 0.15) is 32.1 Å². The van der Waals surface area contributed by atoms with Crippen molar-refractivity contribution < 1.29 is 13.2 Å². The second-order valence-corrected chi connectivity index (χ2v) is 4.31. The highest BCUT2D eigenvalue weighted by Crippen LogP contribution is 2.46. The van der Waals surface area contributed by atoms with E-state index >= 15 is 0 Å². The topological polar surface area (TPSA) is 0 Å². The molecular formula is C11H14F3. The van der Waals surface area contributed by atoms with Gasteiger partial charge in [0.05, 0.1) is 5.92 Å². The lowest BCUT2D eigenvalue weighted by Crippen LogP contribution is -2.37. The van der Waals surface area contributed by atoms with Crippen molar-refractivity contribution in [1.29, 1.82) is 0 Å². The Bertz CT molecular complexity index is 229. The van der Waals surface area contributed by atoms with E-state index in [0.717, 1.165) is 25.7 Å². The van der Waals surface area contributed by atoms with Crippen LogP contribution >= 0.6 is 0 Å². The van der Waals surface area contributed by atoms with Crippen molar-refractivity contribution in [2.24, 2.45) is 17.8 Å². The van der Waals surface area contributed by atoms with Crippen LogP contribution in [0.5, 0.6) is 0 Å². The molecule has 3 unspecified atom stereocenters. The molecule has 0 nitrogen and oxygen atoms in total. The first-order valence-electron chi connectivity index (χ1n) is 5.23. The van der Waals surface area contributed by atoms with E-state index in [4.69, 9.17) is 0 Å². The first-order valence-corrected chi connectivity index (χ1v) is 5.23. The summed E-state index contributed by atoms with van der Waals surface area (Å²) in [5.74, 6) is -1.22. The summed E-state index contributed by atoms with van der Waals surface area (Å²) < 4.78 is 38.0. The van der Waals surface area contributed by atoms with E-state index in [1.54, 1.807) is 6.08 Å². The molecule has 1 fully saturated rings. The maximum absolute atomic E-state index is 12.7. The van der Waals surface area contributed by atoms with E-state index in [0.29, 0.717) is 0 Å². The zero-order chi connectivity index (χ0) is 10.2. The predicted molar refractivity (Wildman–Crippen MR) is 47.4 cm³/mol. The minimum Gasteiger partial charge on any atom is -0.171 e. The molecule has 0 saturated heterocycles. The van der Waals surface area contributed by atoms with Crippen LogP contribution in [-0.4, -0.2) is 6.18 Å². The Morgan fingerprint density at radius 1 is 1.14 bits per heavy atom. The normalized spacial score (nSPS) is 38.1. The fraction of sp³-hybridized carbons (Fsp3) is 0.818. The van der Waals surface area contributed by atoms with Crippen LogP contribution in [0.4, 0.5) is 13.2 Å². The standard InChI is InChI=1S/C11H14F3/c12-11(13,14)10-7-3-5-8-4-1-2-6-9(8)10/h3,8-10H,1-2,4,6-7H2.